The molecule has 166 valence electrons. The lowest BCUT2D eigenvalue weighted by Gasteiger charge is -2.06. The van der Waals surface area contributed by atoms with Gasteiger partial charge in [0.15, 0.2) is 0 Å². The molecule has 0 radical (unpaired) electrons. The predicted molar refractivity (Wildman–Crippen MR) is 133 cm³/mol. The quantitative estimate of drug-likeness (QED) is 0.341. The molecule has 0 aromatic carbocycles. The van der Waals surface area contributed by atoms with Gasteiger partial charge in [-0.25, -0.2) is 9.97 Å². The number of fused-ring (bicyclic) bond motifs is 2. The molecule has 0 aliphatic heterocycles. The first kappa shape index (κ1) is 20.2. The van der Waals surface area contributed by atoms with Gasteiger partial charge in [-0.1, -0.05) is 13.0 Å². The molecule has 8 nitrogen and oxygen atoms in total. The summed E-state index contributed by atoms with van der Waals surface area (Å²) in [5, 5.41) is 4.33. The molecule has 0 amide bonds. The zero-order chi connectivity index (χ0) is 22.9. The van der Waals surface area contributed by atoms with Gasteiger partial charge >= 0.3 is 0 Å². The van der Waals surface area contributed by atoms with E-state index >= 15 is 0 Å². The van der Waals surface area contributed by atoms with Gasteiger partial charge in [-0.15, -0.1) is 0 Å². The van der Waals surface area contributed by atoms with Crippen LogP contribution in [-0.4, -0.2) is 41.4 Å². The van der Waals surface area contributed by atoms with E-state index in [-0.39, 0.29) is 0 Å². The van der Waals surface area contributed by atoms with E-state index in [1.807, 2.05) is 43.0 Å². The van der Waals surface area contributed by atoms with Crippen LogP contribution in [0.25, 0.3) is 55.8 Å². The minimum Gasteiger partial charge on any atom is -0.345 e. The number of pyridine rings is 4. The second-order valence-corrected chi connectivity index (χ2v) is 8.07. The van der Waals surface area contributed by atoms with Crippen molar-refractivity contribution in [3.05, 3.63) is 79.3 Å². The number of aromatic nitrogens is 7. The average molecular weight is 447 g/mol. The highest BCUT2D eigenvalue weighted by molar-refractivity contribution is 5.97. The third-order valence-electron chi connectivity index (χ3n) is 5.83. The van der Waals surface area contributed by atoms with Gasteiger partial charge in [-0.05, 0) is 36.4 Å². The van der Waals surface area contributed by atoms with E-state index in [0.717, 1.165) is 74.5 Å². The Labute approximate surface area is 195 Å². The van der Waals surface area contributed by atoms with Crippen LogP contribution in [0, 0.1) is 0 Å². The molecule has 0 saturated carbocycles. The van der Waals surface area contributed by atoms with Gasteiger partial charge in [0.05, 0.1) is 17.4 Å². The number of nitrogens with one attached hydrogen (secondary N) is 3. The molecule has 8 heteroatoms. The summed E-state index contributed by atoms with van der Waals surface area (Å²) < 4.78 is 0. The Kier molecular flexibility index (Phi) is 5.04. The van der Waals surface area contributed by atoms with E-state index in [0.29, 0.717) is 0 Å². The Morgan fingerprint density at radius 2 is 1.82 bits per heavy atom. The minimum atomic E-state index is 0.754. The van der Waals surface area contributed by atoms with Crippen molar-refractivity contribution in [2.75, 3.05) is 6.54 Å². The molecule has 0 saturated heterocycles. The average Bonchev–Trinajstić information content (AvgIpc) is 3.51. The number of rotatable bonds is 6. The number of aromatic amines is 2. The van der Waals surface area contributed by atoms with Crippen molar-refractivity contribution in [1.82, 2.24) is 40.2 Å². The maximum Gasteiger partial charge on any atom is 0.140 e. The normalized spacial score (nSPS) is 11.4. The van der Waals surface area contributed by atoms with Gasteiger partial charge in [0, 0.05) is 71.4 Å². The first-order valence-electron chi connectivity index (χ1n) is 11.2. The van der Waals surface area contributed by atoms with Crippen LogP contribution in [0.1, 0.15) is 12.5 Å². The van der Waals surface area contributed by atoms with E-state index in [2.05, 4.69) is 54.3 Å². The number of H-pyrrole nitrogens is 2. The van der Waals surface area contributed by atoms with Crippen LogP contribution in [-0.2, 0) is 6.54 Å². The topological polar surface area (TPSA) is 108 Å². The Morgan fingerprint density at radius 3 is 2.71 bits per heavy atom. The van der Waals surface area contributed by atoms with E-state index in [9.17, 15) is 0 Å². The first-order chi connectivity index (χ1) is 16.8. The summed E-state index contributed by atoms with van der Waals surface area (Å²) in [5.74, 6) is 0.754. The Balaban J connectivity index is 1.44. The number of imidazole rings is 1. The number of hydrogen-bond acceptors (Lipinski definition) is 6. The van der Waals surface area contributed by atoms with Crippen LogP contribution < -0.4 is 5.32 Å². The fraction of sp³-hybridized carbons (Fsp3) is 0.115. The lowest BCUT2D eigenvalue weighted by molar-refractivity contribution is 0.724. The maximum absolute atomic E-state index is 4.93. The molecule has 0 aliphatic rings. The van der Waals surface area contributed by atoms with Crippen molar-refractivity contribution in [3.63, 3.8) is 0 Å². The largest absolute Gasteiger partial charge is 0.345 e. The molecule has 6 aromatic rings. The summed E-state index contributed by atoms with van der Waals surface area (Å²) in [7, 11) is 0. The highest BCUT2D eigenvalue weighted by atomic mass is 15.0. The molecule has 0 aliphatic carbocycles. The molecule has 6 heterocycles. The summed E-state index contributed by atoms with van der Waals surface area (Å²) in [4.78, 5) is 29.6. The van der Waals surface area contributed by atoms with Crippen molar-refractivity contribution in [3.8, 4) is 33.8 Å². The monoisotopic (exact) mass is 446 g/mol. The Hall–Kier alpha value is -4.43. The van der Waals surface area contributed by atoms with Crippen molar-refractivity contribution >= 4 is 22.1 Å². The molecule has 0 bridgehead atoms. The maximum atomic E-state index is 4.93. The molecule has 3 N–H and O–H groups in total. The van der Waals surface area contributed by atoms with Crippen molar-refractivity contribution in [1.29, 1.82) is 0 Å². The summed E-state index contributed by atoms with van der Waals surface area (Å²) >= 11 is 0. The molecule has 6 rings (SSSR count). The number of hydrogen-bond donors (Lipinski definition) is 3. The van der Waals surface area contributed by atoms with Gasteiger partial charge in [-0.3, -0.25) is 15.0 Å². The van der Waals surface area contributed by atoms with Crippen LogP contribution in [0.15, 0.2) is 73.7 Å². The lowest BCUT2D eigenvalue weighted by atomic mass is 10.1. The molecular weight excluding hydrogens is 424 g/mol. The van der Waals surface area contributed by atoms with Gasteiger partial charge in [0.25, 0.3) is 0 Å². The second-order valence-electron chi connectivity index (χ2n) is 8.07. The van der Waals surface area contributed by atoms with Crippen LogP contribution >= 0.6 is 0 Å². The SMILES string of the molecule is CCNCc1cncc(-c2cnc3[nH]cc(-c4nc5c(-c6ccccn6)cncc5[nH]4)c3c2)c1. The molecular formula is C26H22N8. The smallest absolute Gasteiger partial charge is 0.140 e. The summed E-state index contributed by atoms with van der Waals surface area (Å²) in [6.07, 6.45) is 12.9. The minimum absolute atomic E-state index is 0.754. The highest BCUT2D eigenvalue weighted by Gasteiger charge is 2.16. The standard InChI is InChI=1S/C26H22N8/c1-2-27-9-16-7-17(11-28-10-16)18-8-19-20(14-32-25(19)31-12-18)26-33-23-15-29-13-21(24(23)34-26)22-5-3-4-6-30-22/h3-8,10-15,27H,2,9H2,1H3,(H,31,32)(H,33,34). The zero-order valence-electron chi connectivity index (χ0n) is 18.6. The first-order valence-corrected chi connectivity index (χ1v) is 11.2. The molecule has 34 heavy (non-hydrogen) atoms. The summed E-state index contributed by atoms with van der Waals surface area (Å²) in [6.45, 7) is 3.80. The summed E-state index contributed by atoms with van der Waals surface area (Å²) in [6, 6.07) is 10.1. The van der Waals surface area contributed by atoms with Crippen molar-refractivity contribution < 1.29 is 0 Å². The molecule has 6 aromatic heterocycles. The van der Waals surface area contributed by atoms with Crippen LogP contribution in [0.4, 0.5) is 0 Å². The predicted octanol–water partition coefficient (Wildman–Crippen LogP) is 4.73. The van der Waals surface area contributed by atoms with Gasteiger partial charge in [0.2, 0.25) is 0 Å². The highest BCUT2D eigenvalue weighted by Crippen LogP contribution is 2.32. The van der Waals surface area contributed by atoms with E-state index in [1.54, 1.807) is 18.6 Å². The fourth-order valence-electron chi connectivity index (χ4n) is 4.14. The third kappa shape index (κ3) is 3.60. The molecule has 0 spiro atoms. The Morgan fingerprint density at radius 1 is 0.912 bits per heavy atom. The van der Waals surface area contributed by atoms with E-state index in [1.165, 1.54) is 0 Å². The van der Waals surface area contributed by atoms with E-state index in [4.69, 9.17) is 4.98 Å². The van der Waals surface area contributed by atoms with Crippen molar-refractivity contribution in [2.24, 2.45) is 0 Å². The van der Waals surface area contributed by atoms with Gasteiger partial charge in [-0.2, -0.15) is 0 Å². The fourth-order valence-corrected chi connectivity index (χ4v) is 4.14. The second kappa shape index (κ2) is 8.49. The number of nitrogens with zero attached hydrogens (tertiary/aromatic N) is 5. The van der Waals surface area contributed by atoms with Gasteiger partial charge < -0.3 is 15.3 Å². The third-order valence-corrected chi connectivity index (χ3v) is 5.83. The van der Waals surface area contributed by atoms with Crippen LogP contribution in [0.2, 0.25) is 0 Å². The van der Waals surface area contributed by atoms with Crippen LogP contribution in [0.3, 0.4) is 0 Å². The zero-order valence-corrected chi connectivity index (χ0v) is 18.6. The molecule has 0 fully saturated rings. The summed E-state index contributed by atoms with van der Waals surface area (Å²) in [5.41, 5.74) is 8.35. The van der Waals surface area contributed by atoms with Gasteiger partial charge in [0.1, 0.15) is 17.0 Å². The van der Waals surface area contributed by atoms with Crippen LogP contribution in [0.5, 0.6) is 0 Å². The lowest BCUT2D eigenvalue weighted by Crippen LogP contribution is -2.11. The molecule has 0 unspecified atom stereocenters. The molecule has 0 atom stereocenters. The van der Waals surface area contributed by atoms with E-state index < -0.39 is 0 Å². The van der Waals surface area contributed by atoms with Crippen molar-refractivity contribution in [2.45, 2.75) is 13.5 Å². The Bertz CT molecular complexity index is 1600.